The van der Waals surface area contributed by atoms with Crippen LogP contribution >= 0.6 is 0 Å². The average Bonchev–Trinajstić information content (AvgIpc) is 3.23. The van der Waals surface area contributed by atoms with E-state index in [-0.39, 0.29) is 11.8 Å². The quantitative estimate of drug-likeness (QED) is 0.570. The fraction of sp³-hybridized carbons (Fsp3) is 0.423. The third-order valence-corrected chi connectivity index (χ3v) is 6.26. The van der Waals surface area contributed by atoms with Crippen LogP contribution in [0.1, 0.15) is 55.2 Å². The number of carbonyl (C=O) groups excluding carboxylic acids is 1. The first-order valence-electron chi connectivity index (χ1n) is 11.4. The Hall–Kier alpha value is -2.99. The van der Waals surface area contributed by atoms with Crippen molar-refractivity contribution in [2.75, 3.05) is 18.4 Å². The largest absolute Gasteiger partial charge is 0.338 e. The number of para-hydroxylation sites is 1. The van der Waals surface area contributed by atoms with Crippen molar-refractivity contribution in [2.45, 2.75) is 53.0 Å². The van der Waals surface area contributed by atoms with Gasteiger partial charge in [-0.2, -0.15) is 4.98 Å². The smallest absolute Gasteiger partial charge is 0.241 e. The number of anilines is 1. The van der Waals surface area contributed by atoms with Crippen LogP contribution in [0, 0.1) is 19.8 Å². The number of hydrogen-bond donors (Lipinski definition) is 1. The van der Waals surface area contributed by atoms with Crippen LogP contribution in [0.3, 0.4) is 0 Å². The lowest BCUT2D eigenvalue weighted by Gasteiger charge is -2.31. The molecule has 0 spiro atoms. The maximum Gasteiger partial charge on any atom is 0.241 e. The zero-order chi connectivity index (χ0) is 22.7. The Morgan fingerprint density at radius 3 is 2.72 bits per heavy atom. The molecule has 3 aromatic rings. The summed E-state index contributed by atoms with van der Waals surface area (Å²) in [6.07, 6.45) is 1.87. The van der Waals surface area contributed by atoms with Gasteiger partial charge in [0.15, 0.2) is 0 Å². The molecule has 6 heteroatoms. The number of aromatic nitrogens is 2. The fourth-order valence-electron chi connectivity index (χ4n) is 4.42. The normalized spacial score (nSPS) is 17.0. The molecule has 0 aliphatic carbocycles. The summed E-state index contributed by atoms with van der Waals surface area (Å²) in [5.41, 5.74) is 5.35. The highest BCUT2D eigenvalue weighted by Gasteiger charge is 2.28. The van der Waals surface area contributed by atoms with E-state index >= 15 is 0 Å². The number of aryl methyl sites for hydroxylation is 2. The van der Waals surface area contributed by atoms with Crippen LogP contribution in [-0.2, 0) is 11.3 Å². The van der Waals surface area contributed by atoms with E-state index in [1.807, 2.05) is 31.2 Å². The van der Waals surface area contributed by atoms with Gasteiger partial charge in [-0.3, -0.25) is 9.69 Å². The summed E-state index contributed by atoms with van der Waals surface area (Å²) in [4.78, 5) is 20.0. The summed E-state index contributed by atoms with van der Waals surface area (Å²) in [6, 6.07) is 14.2. The molecule has 2 heterocycles. The lowest BCUT2D eigenvalue weighted by molar-refractivity contribution is -0.121. The molecule has 1 aliphatic rings. The summed E-state index contributed by atoms with van der Waals surface area (Å²) in [6.45, 7) is 10.6. The molecule has 1 atom stereocenters. The highest BCUT2D eigenvalue weighted by Crippen LogP contribution is 2.29. The standard InChI is InChI=1S/C26H32N4O2/c1-17(2)21-13-7-10-19(4)24(21)28-26(31)20-11-8-14-30(15-20)16-23-27-25(29-32-23)22-12-6-5-9-18(22)3/h5-7,9-10,12-13,17,20H,8,11,14-16H2,1-4H3,(H,28,31). The van der Waals surface area contributed by atoms with Crippen LogP contribution in [0.2, 0.25) is 0 Å². The van der Waals surface area contributed by atoms with Crippen molar-refractivity contribution >= 4 is 11.6 Å². The minimum absolute atomic E-state index is 0.0536. The SMILES string of the molecule is Cc1ccccc1-c1noc(CN2CCCC(C(=O)Nc3c(C)cccc3C(C)C)C2)n1. The third-order valence-electron chi connectivity index (χ3n) is 6.26. The molecule has 6 nitrogen and oxygen atoms in total. The number of piperidine rings is 1. The van der Waals surface area contributed by atoms with Crippen LogP contribution in [0.25, 0.3) is 11.4 Å². The first-order valence-corrected chi connectivity index (χ1v) is 11.4. The van der Waals surface area contributed by atoms with Gasteiger partial charge in [0.1, 0.15) is 0 Å². The minimum atomic E-state index is -0.0536. The van der Waals surface area contributed by atoms with Crippen molar-refractivity contribution < 1.29 is 9.32 Å². The zero-order valence-corrected chi connectivity index (χ0v) is 19.4. The van der Waals surface area contributed by atoms with Crippen molar-refractivity contribution in [2.24, 2.45) is 5.92 Å². The molecule has 1 unspecified atom stereocenters. The minimum Gasteiger partial charge on any atom is -0.338 e. The Morgan fingerprint density at radius 2 is 1.94 bits per heavy atom. The number of likely N-dealkylation sites (tertiary alicyclic amines) is 1. The van der Waals surface area contributed by atoms with Gasteiger partial charge in [-0.15, -0.1) is 0 Å². The predicted molar refractivity (Wildman–Crippen MR) is 126 cm³/mol. The van der Waals surface area contributed by atoms with E-state index in [1.165, 1.54) is 5.56 Å². The summed E-state index contributed by atoms with van der Waals surface area (Å²) in [5.74, 6) is 1.60. The van der Waals surface area contributed by atoms with Gasteiger partial charge in [0.25, 0.3) is 0 Å². The van der Waals surface area contributed by atoms with Crippen molar-refractivity contribution in [3.8, 4) is 11.4 Å². The molecule has 1 N–H and O–H groups in total. The van der Waals surface area contributed by atoms with Gasteiger partial charge in [-0.25, -0.2) is 0 Å². The first kappa shape index (κ1) is 22.2. The first-order chi connectivity index (χ1) is 15.4. The number of carbonyl (C=O) groups is 1. The lowest BCUT2D eigenvalue weighted by atomic mass is 9.95. The van der Waals surface area contributed by atoms with E-state index < -0.39 is 0 Å². The number of nitrogens with zero attached hydrogens (tertiary/aromatic N) is 3. The Balaban J connectivity index is 1.41. The highest BCUT2D eigenvalue weighted by atomic mass is 16.5. The molecule has 0 radical (unpaired) electrons. The van der Waals surface area contributed by atoms with Crippen LogP contribution in [0.4, 0.5) is 5.69 Å². The van der Waals surface area contributed by atoms with E-state index in [4.69, 9.17) is 4.52 Å². The van der Waals surface area contributed by atoms with Crippen molar-refractivity contribution in [3.63, 3.8) is 0 Å². The van der Waals surface area contributed by atoms with Crippen LogP contribution in [0.15, 0.2) is 47.0 Å². The molecule has 1 aliphatic heterocycles. The molecule has 32 heavy (non-hydrogen) atoms. The zero-order valence-electron chi connectivity index (χ0n) is 19.4. The molecule has 0 bridgehead atoms. The maximum absolute atomic E-state index is 13.1. The van der Waals surface area contributed by atoms with E-state index in [9.17, 15) is 4.79 Å². The molecule has 1 aromatic heterocycles. The van der Waals surface area contributed by atoms with E-state index in [2.05, 4.69) is 59.3 Å². The second-order valence-electron chi connectivity index (χ2n) is 9.08. The Morgan fingerprint density at radius 1 is 1.16 bits per heavy atom. The third kappa shape index (κ3) is 4.91. The monoisotopic (exact) mass is 432 g/mol. The summed E-state index contributed by atoms with van der Waals surface area (Å²) >= 11 is 0. The Kier molecular flexibility index (Phi) is 6.70. The molecular formula is C26H32N4O2. The fourth-order valence-corrected chi connectivity index (χ4v) is 4.42. The number of amides is 1. The van der Waals surface area contributed by atoms with Crippen LogP contribution in [-0.4, -0.2) is 34.0 Å². The molecule has 1 fully saturated rings. The lowest BCUT2D eigenvalue weighted by Crippen LogP contribution is -2.40. The number of rotatable bonds is 6. The van der Waals surface area contributed by atoms with Gasteiger partial charge in [-0.1, -0.05) is 61.5 Å². The molecule has 1 amide bonds. The molecule has 0 saturated carbocycles. The van der Waals surface area contributed by atoms with E-state index in [0.717, 1.165) is 41.8 Å². The molecule has 168 valence electrons. The van der Waals surface area contributed by atoms with Crippen molar-refractivity contribution in [1.29, 1.82) is 0 Å². The second kappa shape index (κ2) is 9.65. The van der Waals surface area contributed by atoms with Gasteiger partial charge in [0.2, 0.25) is 17.6 Å². The van der Waals surface area contributed by atoms with Gasteiger partial charge >= 0.3 is 0 Å². The van der Waals surface area contributed by atoms with Crippen LogP contribution < -0.4 is 5.32 Å². The number of benzene rings is 2. The summed E-state index contributed by atoms with van der Waals surface area (Å²) in [5, 5.41) is 7.40. The van der Waals surface area contributed by atoms with Crippen molar-refractivity contribution in [1.82, 2.24) is 15.0 Å². The predicted octanol–water partition coefficient (Wildman–Crippen LogP) is 5.33. The van der Waals surface area contributed by atoms with Gasteiger partial charge in [0.05, 0.1) is 12.5 Å². The average molecular weight is 433 g/mol. The summed E-state index contributed by atoms with van der Waals surface area (Å²) < 4.78 is 5.52. The number of hydrogen-bond acceptors (Lipinski definition) is 5. The number of nitrogens with one attached hydrogen (secondary N) is 1. The molecule has 1 saturated heterocycles. The van der Waals surface area contributed by atoms with Crippen molar-refractivity contribution in [3.05, 3.63) is 65.0 Å². The topological polar surface area (TPSA) is 71.3 Å². The second-order valence-corrected chi connectivity index (χ2v) is 9.08. The van der Waals surface area contributed by atoms with Gasteiger partial charge in [-0.05, 0) is 55.8 Å². The highest BCUT2D eigenvalue weighted by molar-refractivity contribution is 5.94. The van der Waals surface area contributed by atoms with Gasteiger partial charge in [0, 0.05) is 17.8 Å². The molecule has 2 aromatic carbocycles. The van der Waals surface area contributed by atoms with E-state index in [1.54, 1.807) is 0 Å². The summed E-state index contributed by atoms with van der Waals surface area (Å²) in [7, 11) is 0. The Bertz CT molecular complexity index is 1090. The Labute approximate surface area is 190 Å². The molecule has 4 rings (SSSR count). The molecular weight excluding hydrogens is 400 g/mol. The van der Waals surface area contributed by atoms with E-state index in [0.29, 0.717) is 30.7 Å². The van der Waals surface area contributed by atoms with Crippen LogP contribution in [0.5, 0.6) is 0 Å². The maximum atomic E-state index is 13.1. The van der Waals surface area contributed by atoms with Gasteiger partial charge < -0.3 is 9.84 Å².